The van der Waals surface area contributed by atoms with Crippen molar-refractivity contribution in [1.29, 1.82) is 0 Å². The number of halogens is 2. The summed E-state index contributed by atoms with van der Waals surface area (Å²) in [4.78, 5) is 44.1. The first-order valence-electron chi connectivity index (χ1n) is 12.6. The monoisotopic (exact) mass is 580 g/mol. The standard InChI is InChI=1S/C29H26Cl2N4O5/c1-16(37)18-5-2-4-17(10-18)11-20(15-36)32-28(39)25-22(30)12-19-13-35(9-7-21(19)26(25)31)29(40)23-14-34-8-3-6-24(38)27(34)33-23/h2-6,8,10,12,14-16,20,37-38H,7,9,11,13H2,1H3,(H,32,39)/t16?,20-/m0/s1. The van der Waals surface area contributed by atoms with Crippen LogP contribution >= 0.6 is 23.2 Å². The van der Waals surface area contributed by atoms with E-state index in [1.54, 1.807) is 58.9 Å². The Kier molecular flexibility index (Phi) is 7.80. The van der Waals surface area contributed by atoms with Crippen LogP contribution in [0.4, 0.5) is 0 Å². The summed E-state index contributed by atoms with van der Waals surface area (Å²) < 4.78 is 1.58. The number of carbonyl (C=O) groups is 3. The van der Waals surface area contributed by atoms with E-state index < -0.39 is 18.1 Å². The van der Waals surface area contributed by atoms with Gasteiger partial charge in [0.25, 0.3) is 11.8 Å². The molecule has 11 heteroatoms. The van der Waals surface area contributed by atoms with Crippen LogP contribution in [0.1, 0.15) is 56.1 Å². The minimum absolute atomic E-state index is 0.0278. The molecule has 0 saturated heterocycles. The van der Waals surface area contributed by atoms with Gasteiger partial charge in [0.1, 0.15) is 12.0 Å². The van der Waals surface area contributed by atoms with Gasteiger partial charge < -0.3 is 29.6 Å². The van der Waals surface area contributed by atoms with Crippen molar-refractivity contribution in [3.63, 3.8) is 0 Å². The summed E-state index contributed by atoms with van der Waals surface area (Å²) in [5, 5.41) is 22.8. The molecule has 4 aromatic rings. The molecule has 1 unspecified atom stereocenters. The lowest BCUT2D eigenvalue weighted by Crippen LogP contribution is -2.39. The van der Waals surface area contributed by atoms with E-state index in [1.165, 1.54) is 6.07 Å². The average molecular weight is 581 g/mol. The Morgan fingerprint density at radius 1 is 1.20 bits per heavy atom. The highest BCUT2D eigenvalue weighted by molar-refractivity contribution is 6.40. The van der Waals surface area contributed by atoms with Crippen LogP contribution in [0.15, 0.2) is 54.9 Å². The topological polar surface area (TPSA) is 124 Å². The zero-order valence-electron chi connectivity index (χ0n) is 21.5. The molecule has 9 nitrogen and oxygen atoms in total. The fourth-order valence-electron chi connectivity index (χ4n) is 4.90. The molecule has 2 aromatic heterocycles. The molecule has 0 spiro atoms. The third-order valence-corrected chi connectivity index (χ3v) is 7.69. The Bertz CT molecular complexity index is 1630. The predicted octanol–water partition coefficient (Wildman–Crippen LogP) is 4.14. The fraction of sp³-hybridized carbons (Fsp3) is 0.241. The van der Waals surface area contributed by atoms with Crippen LogP contribution in [0.5, 0.6) is 5.75 Å². The predicted molar refractivity (Wildman–Crippen MR) is 150 cm³/mol. The van der Waals surface area contributed by atoms with Gasteiger partial charge in [-0.2, -0.15) is 0 Å². The normalized spacial score (nSPS) is 14.4. The summed E-state index contributed by atoms with van der Waals surface area (Å²) in [6, 6.07) is 11.1. The summed E-state index contributed by atoms with van der Waals surface area (Å²) >= 11 is 13.2. The summed E-state index contributed by atoms with van der Waals surface area (Å²) in [7, 11) is 0. The Labute approximate surface area is 240 Å². The molecule has 0 saturated carbocycles. The Morgan fingerprint density at radius 2 is 2.00 bits per heavy atom. The highest BCUT2D eigenvalue weighted by Crippen LogP contribution is 2.35. The van der Waals surface area contributed by atoms with E-state index in [0.29, 0.717) is 35.9 Å². The van der Waals surface area contributed by atoms with Crippen molar-refractivity contribution in [3.05, 3.63) is 98.4 Å². The molecule has 40 heavy (non-hydrogen) atoms. The molecule has 0 radical (unpaired) electrons. The Hall–Kier alpha value is -3.92. The summed E-state index contributed by atoms with van der Waals surface area (Å²) in [5.74, 6) is -0.916. The van der Waals surface area contributed by atoms with Gasteiger partial charge in [0.05, 0.1) is 27.8 Å². The second kappa shape index (κ2) is 11.3. The third kappa shape index (κ3) is 5.40. The van der Waals surface area contributed by atoms with E-state index >= 15 is 0 Å². The van der Waals surface area contributed by atoms with Gasteiger partial charge in [-0.3, -0.25) is 9.59 Å². The highest BCUT2D eigenvalue weighted by Gasteiger charge is 2.29. The Balaban J connectivity index is 1.33. The maximum atomic E-state index is 13.2. The number of carbonyl (C=O) groups excluding carboxylic acids is 3. The number of rotatable bonds is 7. The molecule has 206 valence electrons. The smallest absolute Gasteiger partial charge is 0.274 e. The molecule has 1 aliphatic heterocycles. The van der Waals surface area contributed by atoms with E-state index in [1.807, 2.05) is 6.07 Å². The van der Waals surface area contributed by atoms with Crippen molar-refractivity contribution in [2.75, 3.05) is 6.54 Å². The average Bonchev–Trinajstić information content (AvgIpc) is 3.38. The number of hydrogen-bond donors (Lipinski definition) is 3. The highest BCUT2D eigenvalue weighted by atomic mass is 35.5. The summed E-state index contributed by atoms with van der Waals surface area (Å²) in [6.07, 6.45) is 3.86. The van der Waals surface area contributed by atoms with Gasteiger partial charge >= 0.3 is 0 Å². The number of aliphatic hydroxyl groups is 1. The number of aromatic hydroxyl groups is 1. The second-order valence-electron chi connectivity index (χ2n) is 9.75. The van der Waals surface area contributed by atoms with Gasteiger partial charge in [-0.05, 0) is 60.2 Å². The molecule has 1 aliphatic rings. The minimum atomic E-state index is -0.835. The number of fused-ring (bicyclic) bond motifs is 2. The van der Waals surface area contributed by atoms with Crippen LogP contribution in [0.2, 0.25) is 10.0 Å². The van der Waals surface area contributed by atoms with E-state index in [-0.39, 0.29) is 51.6 Å². The van der Waals surface area contributed by atoms with Crippen LogP contribution in [0.3, 0.4) is 0 Å². The molecule has 2 amide bonds. The lowest BCUT2D eigenvalue weighted by atomic mass is 9.96. The number of imidazole rings is 1. The maximum Gasteiger partial charge on any atom is 0.274 e. The van der Waals surface area contributed by atoms with E-state index in [9.17, 15) is 24.6 Å². The van der Waals surface area contributed by atoms with E-state index in [4.69, 9.17) is 23.2 Å². The molecule has 0 fully saturated rings. The zero-order valence-corrected chi connectivity index (χ0v) is 23.0. The van der Waals surface area contributed by atoms with Gasteiger partial charge in [0, 0.05) is 25.5 Å². The minimum Gasteiger partial charge on any atom is -0.504 e. The number of pyridine rings is 1. The molecule has 2 aromatic carbocycles. The van der Waals surface area contributed by atoms with Crippen LogP contribution in [-0.4, -0.2) is 55.2 Å². The molecule has 3 N–H and O–H groups in total. The number of aliphatic hydroxyl groups excluding tert-OH is 1. The summed E-state index contributed by atoms with van der Waals surface area (Å²) in [5.41, 5.74) is 3.46. The van der Waals surface area contributed by atoms with Crippen molar-refractivity contribution < 1.29 is 24.6 Å². The number of aromatic nitrogens is 2. The SMILES string of the molecule is CC(O)c1cccc(C[C@@H](C=O)NC(=O)c2c(Cl)cc3c(c2Cl)CCN(C(=O)c2cn4cccc(O)c4n2)C3)c1. The Morgan fingerprint density at radius 3 is 2.73 bits per heavy atom. The van der Waals surface area contributed by atoms with Crippen molar-refractivity contribution in [2.45, 2.75) is 38.5 Å². The number of nitrogens with zero attached hydrogens (tertiary/aromatic N) is 3. The number of amides is 2. The first kappa shape index (κ1) is 27.6. The van der Waals surface area contributed by atoms with Crippen molar-refractivity contribution in [2.24, 2.45) is 0 Å². The lowest BCUT2D eigenvalue weighted by molar-refractivity contribution is -0.109. The molecule has 2 atom stereocenters. The number of hydrogen-bond acceptors (Lipinski definition) is 6. The first-order valence-corrected chi connectivity index (χ1v) is 13.4. The largest absolute Gasteiger partial charge is 0.504 e. The van der Waals surface area contributed by atoms with Crippen LogP contribution in [0, 0.1) is 0 Å². The molecule has 0 bridgehead atoms. The zero-order chi connectivity index (χ0) is 28.6. The van der Waals surface area contributed by atoms with E-state index in [0.717, 1.165) is 5.56 Å². The third-order valence-electron chi connectivity index (χ3n) is 6.97. The maximum absolute atomic E-state index is 13.2. The number of nitrogens with one attached hydrogen (secondary N) is 1. The quantitative estimate of drug-likeness (QED) is 0.282. The lowest BCUT2D eigenvalue weighted by Gasteiger charge is -2.30. The van der Waals surface area contributed by atoms with Gasteiger partial charge in [0.15, 0.2) is 11.4 Å². The molecular weight excluding hydrogens is 555 g/mol. The molecule has 3 heterocycles. The fourth-order valence-corrected chi connectivity index (χ4v) is 5.67. The first-order chi connectivity index (χ1) is 19.2. The van der Waals surface area contributed by atoms with Gasteiger partial charge in [0.2, 0.25) is 0 Å². The second-order valence-corrected chi connectivity index (χ2v) is 10.5. The number of aldehydes is 1. The summed E-state index contributed by atoms with van der Waals surface area (Å²) in [6.45, 7) is 2.20. The van der Waals surface area contributed by atoms with Gasteiger partial charge in [-0.1, -0.05) is 47.5 Å². The molecule has 0 aliphatic carbocycles. The van der Waals surface area contributed by atoms with Gasteiger partial charge in [-0.15, -0.1) is 0 Å². The van der Waals surface area contributed by atoms with Crippen LogP contribution in [0.25, 0.3) is 5.65 Å². The van der Waals surface area contributed by atoms with Crippen molar-refractivity contribution >= 4 is 46.9 Å². The molecular formula is C29H26Cl2N4O5. The van der Waals surface area contributed by atoms with Crippen molar-refractivity contribution in [1.82, 2.24) is 19.6 Å². The van der Waals surface area contributed by atoms with Crippen molar-refractivity contribution in [3.8, 4) is 5.75 Å². The van der Waals surface area contributed by atoms with Crippen LogP contribution in [-0.2, 0) is 24.2 Å². The van der Waals surface area contributed by atoms with Crippen LogP contribution < -0.4 is 5.32 Å². The van der Waals surface area contributed by atoms with E-state index in [2.05, 4.69) is 10.3 Å². The van der Waals surface area contributed by atoms with Gasteiger partial charge in [-0.25, -0.2) is 4.98 Å². The molecule has 5 rings (SSSR count). The number of benzene rings is 2.